The van der Waals surface area contributed by atoms with Gasteiger partial charge in [-0.15, -0.1) is 0 Å². The summed E-state index contributed by atoms with van der Waals surface area (Å²) in [4.78, 5) is 1.50. The molecule has 1 heterocycles. The Morgan fingerprint density at radius 2 is 2.06 bits per heavy atom. The zero-order valence-corrected chi connectivity index (χ0v) is 9.73. The molecule has 17 heavy (non-hydrogen) atoms. The maximum Gasteiger partial charge on any atom is 0.123 e. The van der Waals surface area contributed by atoms with E-state index in [0.717, 1.165) is 24.3 Å². The minimum atomic E-state index is -0.259. The third kappa shape index (κ3) is 3.10. The van der Waals surface area contributed by atoms with Gasteiger partial charge in [0, 0.05) is 6.54 Å². The van der Waals surface area contributed by atoms with Crippen LogP contribution in [0, 0.1) is 5.82 Å². The summed E-state index contributed by atoms with van der Waals surface area (Å²) in [6.07, 6.45) is 2.80. The van der Waals surface area contributed by atoms with Crippen LogP contribution in [0.1, 0.15) is 19.0 Å². The second-order valence-electron chi connectivity index (χ2n) is 3.78. The summed E-state index contributed by atoms with van der Waals surface area (Å²) in [6, 6.07) is 6.10. The molecule has 0 atom stereocenters. The van der Waals surface area contributed by atoms with Gasteiger partial charge in [-0.1, -0.05) is 6.92 Å². The van der Waals surface area contributed by atoms with E-state index in [1.54, 1.807) is 18.3 Å². The van der Waals surface area contributed by atoms with Gasteiger partial charge in [-0.05, 0) is 37.2 Å². The van der Waals surface area contributed by atoms with E-state index >= 15 is 0 Å². The maximum absolute atomic E-state index is 12.8. The standard InChI is InChI=1S/C12H15FN4/c1-2-7-14-8-11-9-15-17(16-11)12-5-3-10(13)4-6-12/h3-6,9,14H,2,7-8H2,1H3. The number of hydrogen-bond donors (Lipinski definition) is 1. The van der Waals surface area contributed by atoms with Gasteiger partial charge in [0.1, 0.15) is 5.82 Å². The normalized spacial score (nSPS) is 10.7. The summed E-state index contributed by atoms with van der Waals surface area (Å²) in [5.41, 5.74) is 1.64. The maximum atomic E-state index is 12.8. The molecule has 0 spiro atoms. The molecule has 1 aromatic heterocycles. The Labute approximate surface area is 99.5 Å². The second kappa shape index (κ2) is 5.54. The number of rotatable bonds is 5. The van der Waals surface area contributed by atoms with Gasteiger partial charge in [-0.25, -0.2) is 4.39 Å². The quantitative estimate of drug-likeness (QED) is 0.803. The summed E-state index contributed by atoms with van der Waals surface area (Å²) in [6.45, 7) is 3.78. The van der Waals surface area contributed by atoms with Gasteiger partial charge in [0.15, 0.2) is 0 Å². The minimum Gasteiger partial charge on any atom is -0.311 e. The van der Waals surface area contributed by atoms with Crippen molar-refractivity contribution in [2.75, 3.05) is 6.54 Å². The van der Waals surface area contributed by atoms with Gasteiger partial charge in [0.05, 0.1) is 17.6 Å². The first-order valence-corrected chi connectivity index (χ1v) is 5.67. The van der Waals surface area contributed by atoms with Crippen LogP contribution in [0.4, 0.5) is 4.39 Å². The van der Waals surface area contributed by atoms with Crippen molar-refractivity contribution < 1.29 is 4.39 Å². The molecule has 1 N–H and O–H groups in total. The molecule has 0 fully saturated rings. The molecule has 0 unspecified atom stereocenters. The Morgan fingerprint density at radius 3 is 2.76 bits per heavy atom. The van der Waals surface area contributed by atoms with Crippen molar-refractivity contribution in [2.45, 2.75) is 19.9 Å². The molecule has 0 saturated carbocycles. The van der Waals surface area contributed by atoms with Crippen molar-refractivity contribution >= 4 is 0 Å². The Morgan fingerprint density at radius 1 is 1.29 bits per heavy atom. The molecule has 0 bridgehead atoms. The number of aromatic nitrogens is 3. The molecule has 0 amide bonds. The highest BCUT2D eigenvalue weighted by Crippen LogP contribution is 2.06. The predicted molar refractivity (Wildman–Crippen MR) is 63.3 cm³/mol. The molecule has 90 valence electrons. The SMILES string of the molecule is CCCNCc1cnn(-c2ccc(F)cc2)n1. The molecule has 0 aliphatic heterocycles. The van der Waals surface area contributed by atoms with Crippen molar-refractivity contribution in [1.82, 2.24) is 20.3 Å². The third-order valence-corrected chi connectivity index (χ3v) is 2.33. The average Bonchev–Trinajstić information content (AvgIpc) is 2.79. The first-order valence-electron chi connectivity index (χ1n) is 5.67. The van der Waals surface area contributed by atoms with E-state index in [0.29, 0.717) is 6.54 Å². The Bertz CT molecular complexity index is 464. The van der Waals surface area contributed by atoms with Gasteiger partial charge in [0.25, 0.3) is 0 Å². The highest BCUT2D eigenvalue weighted by atomic mass is 19.1. The van der Waals surface area contributed by atoms with Crippen LogP contribution in [-0.4, -0.2) is 21.5 Å². The highest BCUT2D eigenvalue weighted by molar-refractivity contribution is 5.29. The molecule has 0 aliphatic carbocycles. The van der Waals surface area contributed by atoms with Crippen molar-refractivity contribution in [3.8, 4) is 5.69 Å². The molecule has 0 saturated heterocycles. The highest BCUT2D eigenvalue weighted by Gasteiger charge is 2.02. The van der Waals surface area contributed by atoms with Crippen molar-refractivity contribution in [3.05, 3.63) is 42.0 Å². The molecule has 4 nitrogen and oxygen atoms in total. The van der Waals surface area contributed by atoms with Crippen LogP contribution in [0.25, 0.3) is 5.69 Å². The number of benzene rings is 1. The summed E-state index contributed by atoms with van der Waals surface area (Å²) in [5, 5.41) is 11.7. The number of nitrogens with zero attached hydrogens (tertiary/aromatic N) is 3. The van der Waals surface area contributed by atoms with E-state index in [9.17, 15) is 4.39 Å². The van der Waals surface area contributed by atoms with Crippen LogP contribution in [-0.2, 0) is 6.54 Å². The van der Waals surface area contributed by atoms with Crippen LogP contribution in [0.15, 0.2) is 30.5 Å². The predicted octanol–water partition coefficient (Wildman–Crippen LogP) is 1.91. The molecule has 2 aromatic rings. The Balaban J connectivity index is 2.04. The van der Waals surface area contributed by atoms with Gasteiger partial charge in [-0.2, -0.15) is 15.0 Å². The lowest BCUT2D eigenvalue weighted by Gasteiger charge is -1.99. The molecule has 0 radical (unpaired) electrons. The number of hydrogen-bond acceptors (Lipinski definition) is 3. The topological polar surface area (TPSA) is 42.7 Å². The van der Waals surface area contributed by atoms with E-state index in [1.165, 1.54) is 16.9 Å². The zero-order valence-electron chi connectivity index (χ0n) is 9.73. The number of halogens is 1. The van der Waals surface area contributed by atoms with Crippen LogP contribution in [0.3, 0.4) is 0 Å². The van der Waals surface area contributed by atoms with E-state index in [-0.39, 0.29) is 5.82 Å². The van der Waals surface area contributed by atoms with Crippen LogP contribution in [0.2, 0.25) is 0 Å². The lowest BCUT2D eigenvalue weighted by atomic mass is 10.3. The molecular formula is C12H15FN4. The first-order chi connectivity index (χ1) is 8.29. The molecule has 2 rings (SSSR count). The van der Waals surface area contributed by atoms with Crippen molar-refractivity contribution in [1.29, 1.82) is 0 Å². The zero-order chi connectivity index (χ0) is 12.1. The van der Waals surface area contributed by atoms with Gasteiger partial charge in [0.2, 0.25) is 0 Å². The Kier molecular flexibility index (Phi) is 3.82. The minimum absolute atomic E-state index is 0.259. The van der Waals surface area contributed by atoms with Gasteiger partial charge >= 0.3 is 0 Å². The first kappa shape index (κ1) is 11.7. The summed E-state index contributed by atoms with van der Waals surface area (Å²) >= 11 is 0. The summed E-state index contributed by atoms with van der Waals surface area (Å²) in [5.74, 6) is -0.259. The molecule has 5 heteroatoms. The molecule has 0 aliphatic rings. The van der Waals surface area contributed by atoms with Crippen molar-refractivity contribution in [2.24, 2.45) is 0 Å². The molecular weight excluding hydrogens is 219 g/mol. The van der Waals surface area contributed by atoms with E-state index in [4.69, 9.17) is 0 Å². The fourth-order valence-electron chi connectivity index (χ4n) is 1.47. The summed E-state index contributed by atoms with van der Waals surface area (Å²) in [7, 11) is 0. The van der Waals surface area contributed by atoms with Gasteiger partial charge in [-0.3, -0.25) is 0 Å². The third-order valence-electron chi connectivity index (χ3n) is 2.33. The fraction of sp³-hybridized carbons (Fsp3) is 0.333. The Hall–Kier alpha value is -1.75. The molecule has 1 aromatic carbocycles. The largest absolute Gasteiger partial charge is 0.311 e. The van der Waals surface area contributed by atoms with E-state index in [1.807, 2.05) is 0 Å². The number of nitrogens with one attached hydrogen (secondary N) is 1. The van der Waals surface area contributed by atoms with Crippen LogP contribution in [0.5, 0.6) is 0 Å². The van der Waals surface area contributed by atoms with Crippen LogP contribution < -0.4 is 5.32 Å². The summed E-state index contributed by atoms with van der Waals surface area (Å²) < 4.78 is 12.8. The average molecular weight is 234 g/mol. The smallest absolute Gasteiger partial charge is 0.123 e. The van der Waals surface area contributed by atoms with E-state index < -0.39 is 0 Å². The van der Waals surface area contributed by atoms with Gasteiger partial charge < -0.3 is 5.32 Å². The van der Waals surface area contributed by atoms with Crippen molar-refractivity contribution in [3.63, 3.8) is 0 Å². The van der Waals surface area contributed by atoms with Crippen LogP contribution >= 0.6 is 0 Å². The second-order valence-corrected chi connectivity index (χ2v) is 3.78. The monoisotopic (exact) mass is 234 g/mol. The fourth-order valence-corrected chi connectivity index (χ4v) is 1.47. The van der Waals surface area contributed by atoms with E-state index in [2.05, 4.69) is 22.4 Å². The lowest BCUT2D eigenvalue weighted by Crippen LogP contribution is -2.14. The lowest BCUT2D eigenvalue weighted by molar-refractivity contribution is 0.625.